The zero-order chi connectivity index (χ0) is 19.1. The quantitative estimate of drug-likeness (QED) is 0.789. The number of hydrogen-bond donors (Lipinski definition) is 1. The van der Waals surface area contributed by atoms with Crippen LogP contribution < -0.4 is 10.2 Å². The lowest BCUT2D eigenvalue weighted by Gasteiger charge is -2.25. The second-order valence-electron chi connectivity index (χ2n) is 6.22. The van der Waals surface area contributed by atoms with Crippen LogP contribution in [-0.2, 0) is 22.6 Å². The zero-order valence-corrected chi connectivity index (χ0v) is 16.3. The van der Waals surface area contributed by atoms with E-state index in [2.05, 4.69) is 12.2 Å². The lowest BCUT2D eigenvalue weighted by Crippen LogP contribution is -2.34. The summed E-state index contributed by atoms with van der Waals surface area (Å²) in [5.41, 5.74) is 3.94. The number of hydrogen-bond acceptors (Lipinski definition) is 2. The van der Waals surface area contributed by atoms with Crippen LogP contribution in [0.15, 0.2) is 42.5 Å². The Hall–Kier alpha value is -2.33. The van der Waals surface area contributed by atoms with Gasteiger partial charge in [0.15, 0.2) is 0 Å². The average Bonchev–Trinajstić information content (AvgIpc) is 2.62. The average molecular weight is 373 g/mol. The normalized spacial score (nSPS) is 10.5. The topological polar surface area (TPSA) is 49.4 Å². The predicted molar refractivity (Wildman–Crippen MR) is 106 cm³/mol. The van der Waals surface area contributed by atoms with Crippen LogP contribution in [0.2, 0.25) is 5.02 Å². The SMILES string of the molecule is CCc1cccc(C)c1N(CCC(=O)NCc1ccccc1Cl)C(C)=O. The summed E-state index contributed by atoms with van der Waals surface area (Å²) < 4.78 is 0. The maximum atomic E-state index is 12.2. The summed E-state index contributed by atoms with van der Waals surface area (Å²) in [7, 11) is 0. The van der Waals surface area contributed by atoms with Crippen molar-refractivity contribution >= 4 is 29.1 Å². The highest BCUT2D eigenvalue weighted by atomic mass is 35.5. The predicted octanol–water partition coefficient (Wildman–Crippen LogP) is 4.27. The van der Waals surface area contributed by atoms with E-state index in [4.69, 9.17) is 11.6 Å². The Kier molecular flexibility index (Phi) is 7.22. The standard InChI is InChI=1S/C21H25ClN2O2/c1-4-17-10-7-8-15(2)21(17)24(16(3)25)13-12-20(26)23-14-18-9-5-6-11-19(18)22/h5-11H,4,12-14H2,1-3H3,(H,23,26). The van der Waals surface area contributed by atoms with Gasteiger partial charge in [0.1, 0.15) is 0 Å². The van der Waals surface area contributed by atoms with Crippen LogP contribution in [0.1, 0.15) is 37.0 Å². The molecule has 0 spiro atoms. The summed E-state index contributed by atoms with van der Waals surface area (Å²) in [6.45, 7) is 6.31. The van der Waals surface area contributed by atoms with Crippen molar-refractivity contribution in [1.29, 1.82) is 0 Å². The highest BCUT2D eigenvalue weighted by molar-refractivity contribution is 6.31. The minimum absolute atomic E-state index is 0.0621. The number of rotatable bonds is 7. The number of carbonyl (C=O) groups excluding carboxylic acids is 2. The molecule has 2 rings (SSSR count). The molecule has 0 fully saturated rings. The highest BCUT2D eigenvalue weighted by Gasteiger charge is 2.18. The summed E-state index contributed by atoms with van der Waals surface area (Å²) in [6.07, 6.45) is 1.07. The molecule has 0 aliphatic carbocycles. The Morgan fingerprint density at radius 1 is 1.08 bits per heavy atom. The molecule has 0 atom stereocenters. The van der Waals surface area contributed by atoms with Crippen molar-refractivity contribution in [3.8, 4) is 0 Å². The third-order valence-corrected chi connectivity index (χ3v) is 4.72. The van der Waals surface area contributed by atoms with Crippen molar-refractivity contribution < 1.29 is 9.59 Å². The molecule has 0 bridgehead atoms. The fourth-order valence-corrected chi connectivity index (χ4v) is 3.16. The van der Waals surface area contributed by atoms with E-state index in [1.807, 2.05) is 43.3 Å². The van der Waals surface area contributed by atoms with Crippen molar-refractivity contribution in [1.82, 2.24) is 5.32 Å². The molecule has 0 aliphatic rings. The van der Waals surface area contributed by atoms with E-state index < -0.39 is 0 Å². The van der Waals surface area contributed by atoms with Crippen LogP contribution in [0.25, 0.3) is 0 Å². The summed E-state index contributed by atoms with van der Waals surface area (Å²) in [6, 6.07) is 13.4. The second-order valence-corrected chi connectivity index (χ2v) is 6.63. The molecule has 0 heterocycles. The van der Waals surface area contributed by atoms with E-state index in [0.29, 0.717) is 18.1 Å². The first-order chi connectivity index (χ1) is 12.4. The molecule has 0 radical (unpaired) electrons. The fourth-order valence-electron chi connectivity index (χ4n) is 2.96. The van der Waals surface area contributed by atoms with Crippen LogP contribution in [-0.4, -0.2) is 18.4 Å². The van der Waals surface area contributed by atoms with E-state index in [0.717, 1.165) is 28.8 Å². The first-order valence-corrected chi connectivity index (χ1v) is 9.18. The van der Waals surface area contributed by atoms with Gasteiger partial charge in [0.25, 0.3) is 0 Å². The van der Waals surface area contributed by atoms with Gasteiger partial charge in [0.05, 0.1) is 0 Å². The molecule has 2 aromatic carbocycles. The third kappa shape index (κ3) is 5.09. The van der Waals surface area contributed by atoms with Crippen molar-refractivity contribution in [3.05, 3.63) is 64.2 Å². The summed E-state index contributed by atoms with van der Waals surface area (Å²) >= 11 is 6.10. The Morgan fingerprint density at radius 3 is 2.42 bits per heavy atom. The molecule has 2 amide bonds. The van der Waals surface area contributed by atoms with Crippen LogP contribution in [0.3, 0.4) is 0 Å². The first-order valence-electron chi connectivity index (χ1n) is 8.80. The molecule has 2 aromatic rings. The Morgan fingerprint density at radius 2 is 1.77 bits per heavy atom. The van der Waals surface area contributed by atoms with Gasteiger partial charge in [0, 0.05) is 37.1 Å². The van der Waals surface area contributed by atoms with Gasteiger partial charge >= 0.3 is 0 Å². The number of para-hydroxylation sites is 1. The van der Waals surface area contributed by atoms with Gasteiger partial charge in [-0.1, -0.05) is 54.9 Å². The number of carbonyl (C=O) groups is 2. The molecule has 0 saturated carbocycles. The zero-order valence-electron chi connectivity index (χ0n) is 15.5. The summed E-state index contributed by atoms with van der Waals surface area (Å²) in [4.78, 5) is 26.1. The summed E-state index contributed by atoms with van der Waals surface area (Å²) in [5, 5.41) is 3.50. The van der Waals surface area contributed by atoms with Gasteiger partial charge in [-0.3, -0.25) is 9.59 Å². The Balaban J connectivity index is 2.02. The largest absolute Gasteiger partial charge is 0.352 e. The molecule has 5 heteroatoms. The number of aryl methyl sites for hydroxylation is 2. The molecule has 0 aromatic heterocycles. The van der Waals surface area contributed by atoms with Crippen LogP contribution in [0.4, 0.5) is 5.69 Å². The molecule has 1 N–H and O–H groups in total. The molecular formula is C21H25ClN2O2. The van der Waals surface area contributed by atoms with E-state index in [9.17, 15) is 9.59 Å². The number of anilines is 1. The maximum absolute atomic E-state index is 12.2. The van der Waals surface area contributed by atoms with Crippen LogP contribution in [0.5, 0.6) is 0 Å². The van der Waals surface area contributed by atoms with Crippen molar-refractivity contribution in [3.63, 3.8) is 0 Å². The number of nitrogens with zero attached hydrogens (tertiary/aromatic N) is 1. The van der Waals surface area contributed by atoms with Crippen molar-refractivity contribution in [2.75, 3.05) is 11.4 Å². The van der Waals surface area contributed by atoms with E-state index >= 15 is 0 Å². The highest BCUT2D eigenvalue weighted by Crippen LogP contribution is 2.26. The second kappa shape index (κ2) is 9.39. The smallest absolute Gasteiger partial charge is 0.223 e. The third-order valence-electron chi connectivity index (χ3n) is 4.35. The van der Waals surface area contributed by atoms with E-state index in [1.54, 1.807) is 11.0 Å². The molecule has 26 heavy (non-hydrogen) atoms. The molecule has 0 aliphatic heterocycles. The first kappa shape index (κ1) is 20.0. The lowest BCUT2D eigenvalue weighted by atomic mass is 10.0. The van der Waals surface area contributed by atoms with E-state index in [1.165, 1.54) is 6.92 Å². The number of benzene rings is 2. The van der Waals surface area contributed by atoms with E-state index in [-0.39, 0.29) is 18.2 Å². The number of halogens is 1. The lowest BCUT2D eigenvalue weighted by molar-refractivity contribution is -0.121. The fraction of sp³-hybridized carbons (Fsp3) is 0.333. The van der Waals surface area contributed by atoms with Gasteiger partial charge < -0.3 is 10.2 Å². The van der Waals surface area contributed by atoms with Crippen molar-refractivity contribution in [2.45, 2.75) is 40.2 Å². The van der Waals surface area contributed by atoms with Gasteiger partial charge in [-0.05, 0) is 36.1 Å². The molecule has 138 valence electrons. The Bertz CT molecular complexity index is 789. The number of nitrogens with one attached hydrogen (secondary N) is 1. The van der Waals surface area contributed by atoms with Gasteiger partial charge in [-0.25, -0.2) is 0 Å². The minimum Gasteiger partial charge on any atom is -0.352 e. The van der Waals surface area contributed by atoms with Crippen LogP contribution in [0, 0.1) is 6.92 Å². The van der Waals surface area contributed by atoms with Gasteiger partial charge in [0.2, 0.25) is 11.8 Å². The van der Waals surface area contributed by atoms with Gasteiger partial charge in [-0.2, -0.15) is 0 Å². The molecule has 0 saturated heterocycles. The van der Waals surface area contributed by atoms with Crippen LogP contribution >= 0.6 is 11.6 Å². The minimum atomic E-state index is -0.109. The molecule has 4 nitrogen and oxygen atoms in total. The molecular weight excluding hydrogens is 348 g/mol. The van der Waals surface area contributed by atoms with Gasteiger partial charge in [-0.15, -0.1) is 0 Å². The van der Waals surface area contributed by atoms with Crippen molar-refractivity contribution in [2.24, 2.45) is 0 Å². The number of amides is 2. The maximum Gasteiger partial charge on any atom is 0.223 e. The summed E-state index contributed by atoms with van der Waals surface area (Å²) in [5.74, 6) is -0.171. The monoisotopic (exact) mass is 372 g/mol. The molecule has 0 unspecified atom stereocenters. The Labute approximate surface area is 160 Å².